The third-order valence-corrected chi connectivity index (χ3v) is 6.37. The first kappa shape index (κ1) is 16.7. The number of ether oxygens (including phenoxy) is 2. The van der Waals surface area contributed by atoms with Crippen LogP contribution in [0.1, 0.15) is 12.2 Å². The molecule has 3 heterocycles. The van der Waals surface area contributed by atoms with Gasteiger partial charge in [-0.1, -0.05) is 11.6 Å². The van der Waals surface area contributed by atoms with Gasteiger partial charge in [-0.3, -0.25) is 0 Å². The second-order valence-electron chi connectivity index (χ2n) is 6.18. The van der Waals surface area contributed by atoms with Crippen molar-refractivity contribution in [3.63, 3.8) is 0 Å². The van der Waals surface area contributed by atoms with Gasteiger partial charge >= 0.3 is 0 Å². The Bertz CT molecular complexity index is 897. The molecule has 9 heteroatoms. The minimum absolute atomic E-state index is 0.0116. The maximum atomic E-state index is 12.7. The monoisotopic (exact) mass is 383 g/mol. The number of imidazole rings is 1. The molecule has 1 atom stereocenters. The molecule has 4 rings (SSSR count). The van der Waals surface area contributed by atoms with Crippen molar-refractivity contribution in [2.45, 2.75) is 24.3 Å². The average molecular weight is 384 g/mol. The third kappa shape index (κ3) is 3.33. The lowest BCUT2D eigenvalue weighted by Crippen LogP contribution is -2.33. The number of aryl methyl sites for hydroxylation is 1. The van der Waals surface area contributed by atoms with Gasteiger partial charge in [0.1, 0.15) is 23.9 Å². The molecule has 1 aromatic heterocycles. The number of rotatable bonds is 4. The number of benzene rings is 1. The summed E-state index contributed by atoms with van der Waals surface area (Å²) in [6, 6.07) is 2.91. The Hall–Kier alpha value is -1.77. The van der Waals surface area contributed by atoms with Crippen molar-refractivity contribution in [2.24, 2.45) is 5.92 Å². The summed E-state index contributed by atoms with van der Waals surface area (Å²) in [7, 11) is -3.73. The van der Waals surface area contributed by atoms with Crippen LogP contribution in [-0.4, -0.2) is 37.7 Å². The Labute approximate surface area is 151 Å². The van der Waals surface area contributed by atoms with Crippen LogP contribution in [0.15, 0.2) is 29.4 Å². The highest BCUT2D eigenvalue weighted by molar-refractivity contribution is 7.89. The molecule has 0 bridgehead atoms. The quantitative estimate of drug-likeness (QED) is 0.871. The molecule has 2 aliphatic rings. The fourth-order valence-electron chi connectivity index (χ4n) is 3.16. The molecule has 0 radical (unpaired) electrons. The highest BCUT2D eigenvalue weighted by atomic mass is 35.5. The number of nitrogens with zero attached hydrogens (tertiary/aromatic N) is 2. The Balaban J connectivity index is 1.49. The molecule has 2 aromatic rings. The summed E-state index contributed by atoms with van der Waals surface area (Å²) < 4.78 is 40.9. The van der Waals surface area contributed by atoms with E-state index in [4.69, 9.17) is 21.1 Å². The van der Waals surface area contributed by atoms with E-state index in [1.54, 1.807) is 6.20 Å². The van der Waals surface area contributed by atoms with Gasteiger partial charge in [0, 0.05) is 44.0 Å². The number of sulfonamides is 1. The molecule has 0 fully saturated rings. The summed E-state index contributed by atoms with van der Waals surface area (Å²) in [6.45, 7) is 1.92. The zero-order valence-electron chi connectivity index (χ0n) is 13.4. The van der Waals surface area contributed by atoms with Crippen molar-refractivity contribution in [1.82, 2.24) is 14.3 Å². The second kappa shape index (κ2) is 6.51. The van der Waals surface area contributed by atoms with Crippen LogP contribution in [0.4, 0.5) is 0 Å². The van der Waals surface area contributed by atoms with Gasteiger partial charge in [0.05, 0.1) is 5.02 Å². The Morgan fingerprint density at radius 1 is 1.28 bits per heavy atom. The number of nitrogens with one attached hydrogen (secondary N) is 1. The summed E-state index contributed by atoms with van der Waals surface area (Å²) >= 11 is 6.15. The van der Waals surface area contributed by atoms with Crippen LogP contribution >= 0.6 is 11.6 Å². The van der Waals surface area contributed by atoms with Crippen LogP contribution in [-0.2, 0) is 23.0 Å². The van der Waals surface area contributed by atoms with E-state index in [1.807, 2.05) is 6.20 Å². The van der Waals surface area contributed by atoms with E-state index < -0.39 is 10.0 Å². The Morgan fingerprint density at radius 3 is 2.84 bits per heavy atom. The molecule has 1 N–H and O–H groups in total. The number of hydrogen-bond donors (Lipinski definition) is 1. The summed E-state index contributed by atoms with van der Waals surface area (Å²) in [6.07, 6.45) is 5.45. The van der Waals surface area contributed by atoms with Crippen molar-refractivity contribution < 1.29 is 17.9 Å². The maximum Gasteiger partial charge on any atom is 0.242 e. The fourth-order valence-corrected chi connectivity index (χ4v) is 4.81. The molecule has 1 aromatic carbocycles. The van der Waals surface area contributed by atoms with E-state index in [0.717, 1.165) is 25.2 Å². The van der Waals surface area contributed by atoms with Gasteiger partial charge in [0.25, 0.3) is 0 Å². The summed E-state index contributed by atoms with van der Waals surface area (Å²) in [5, 5.41) is 0.122. The van der Waals surface area contributed by atoms with Crippen LogP contribution in [0.3, 0.4) is 0 Å². The van der Waals surface area contributed by atoms with Gasteiger partial charge in [-0.15, -0.1) is 0 Å². The Kier molecular flexibility index (Phi) is 4.35. The largest absolute Gasteiger partial charge is 0.486 e. The molecule has 0 aliphatic carbocycles. The zero-order valence-corrected chi connectivity index (χ0v) is 15.0. The van der Waals surface area contributed by atoms with Crippen molar-refractivity contribution in [3.05, 3.63) is 35.4 Å². The minimum Gasteiger partial charge on any atom is -0.486 e. The lowest BCUT2D eigenvalue weighted by molar-refractivity contribution is 0.171. The fraction of sp³-hybridized carbons (Fsp3) is 0.438. The van der Waals surface area contributed by atoms with E-state index in [0.29, 0.717) is 31.3 Å². The predicted molar refractivity (Wildman–Crippen MR) is 91.7 cm³/mol. The van der Waals surface area contributed by atoms with Gasteiger partial charge in [0.2, 0.25) is 10.0 Å². The molecule has 0 spiro atoms. The van der Waals surface area contributed by atoms with Gasteiger partial charge in [-0.2, -0.15) is 0 Å². The van der Waals surface area contributed by atoms with Crippen LogP contribution in [0.2, 0.25) is 5.02 Å². The van der Waals surface area contributed by atoms with E-state index in [1.165, 1.54) is 12.1 Å². The highest BCUT2D eigenvalue weighted by Gasteiger charge is 2.25. The average Bonchev–Trinajstić information content (AvgIpc) is 3.07. The van der Waals surface area contributed by atoms with Gasteiger partial charge in [-0.25, -0.2) is 18.1 Å². The highest BCUT2D eigenvalue weighted by Crippen LogP contribution is 2.37. The van der Waals surface area contributed by atoms with E-state index in [9.17, 15) is 8.42 Å². The zero-order chi connectivity index (χ0) is 17.4. The number of halogens is 1. The standard InChI is InChI=1S/C16H18ClN3O4S/c17-12-7-13-14(24-6-5-23-13)8-15(12)25(21,22)19-9-11-1-2-16-18-3-4-20(16)10-11/h3-4,7-8,11,19H,1-2,5-6,9-10H2/t11-/m1/s1. The molecule has 25 heavy (non-hydrogen) atoms. The first-order valence-electron chi connectivity index (χ1n) is 8.12. The molecule has 7 nitrogen and oxygen atoms in total. The summed E-state index contributed by atoms with van der Waals surface area (Å²) in [5.41, 5.74) is 0. The maximum absolute atomic E-state index is 12.7. The van der Waals surface area contributed by atoms with Crippen molar-refractivity contribution in [2.75, 3.05) is 19.8 Å². The molecule has 0 amide bonds. The van der Waals surface area contributed by atoms with Gasteiger partial charge < -0.3 is 14.0 Å². The third-order valence-electron chi connectivity index (χ3n) is 4.48. The normalized spacial score (nSPS) is 19.5. The molecule has 0 saturated carbocycles. The van der Waals surface area contributed by atoms with Crippen LogP contribution in [0, 0.1) is 5.92 Å². The molecule has 2 aliphatic heterocycles. The number of aromatic nitrogens is 2. The van der Waals surface area contributed by atoms with Crippen molar-refractivity contribution >= 4 is 21.6 Å². The molecule has 0 unspecified atom stereocenters. The summed E-state index contributed by atoms with van der Waals surface area (Å²) in [4.78, 5) is 4.29. The number of hydrogen-bond acceptors (Lipinski definition) is 5. The van der Waals surface area contributed by atoms with Crippen molar-refractivity contribution in [3.8, 4) is 11.5 Å². The SMILES string of the molecule is O=S(=O)(NC[C@H]1CCc2nccn2C1)c1cc2c(cc1Cl)OCCO2. The predicted octanol–water partition coefficient (Wildman–Crippen LogP) is 1.85. The van der Waals surface area contributed by atoms with Crippen LogP contribution in [0.5, 0.6) is 11.5 Å². The van der Waals surface area contributed by atoms with Crippen LogP contribution in [0.25, 0.3) is 0 Å². The van der Waals surface area contributed by atoms with Gasteiger partial charge in [0.15, 0.2) is 11.5 Å². The second-order valence-corrected chi connectivity index (χ2v) is 8.32. The molecular formula is C16H18ClN3O4S. The number of fused-ring (bicyclic) bond motifs is 2. The first-order chi connectivity index (χ1) is 12.0. The van der Waals surface area contributed by atoms with Crippen molar-refractivity contribution in [1.29, 1.82) is 0 Å². The molecule has 134 valence electrons. The van der Waals surface area contributed by atoms with E-state index in [-0.39, 0.29) is 15.8 Å². The molecular weight excluding hydrogens is 366 g/mol. The van der Waals surface area contributed by atoms with E-state index in [2.05, 4.69) is 14.3 Å². The van der Waals surface area contributed by atoms with Gasteiger partial charge in [-0.05, 0) is 12.3 Å². The lowest BCUT2D eigenvalue weighted by Gasteiger charge is -2.24. The first-order valence-corrected chi connectivity index (χ1v) is 9.98. The topological polar surface area (TPSA) is 82.5 Å². The smallest absolute Gasteiger partial charge is 0.242 e. The Morgan fingerprint density at radius 2 is 2.04 bits per heavy atom. The summed E-state index contributed by atoms with van der Waals surface area (Å²) in [5.74, 6) is 2.13. The molecule has 0 saturated heterocycles. The van der Waals surface area contributed by atoms with E-state index >= 15 is 0 Å². The van der Waals surface area contributed by atoms with Crippen LogP contribution < -0.4 is 14.2 Å². The minimum atomic E-state index is -3.73. The lowest BCUT2D eigenvalue weighted by atomic mass is 10.00.